The molecule has 5 nitrogen and oxygen atoms in total. The number of tetrazole rings is 1. The van der Waals surface area contributed by atoms with Gasteiger partial charge in [0.15, 0.2) is 5.82 Å². The Morgan fingerprint density at radius 3 is 2.80 bits per heavy atom. The smallest absolute Gasteiger partial charge is 0.182 e. The molecule has 2 saturated carbocycles. The Bertz CT molecular complexity index is 652. The molecule has 0 spiro atoms. The molecule has 1 aromatic carbocycles. The van der Waals surface area contributed by atoms with Gasteiger partial charge in [-0.25, -0.2) is 4.68 Å². The second-order valence-corrected chi connectivity index (χ2v) is 6.37. The summed E-state index contributed by atoms with van der Waals surface area (Å²) in [4.78, 5) is 0. The summed E-state index contributed by atoms with van der Waals surface area (Å²) in [5.41, 5.74) is 9.30. The predicted molar refractivity (Wildman–Crippen MR) is 76.8 cm³/mol. The molecular formula is C15H19N5. The van der Waals surface area contributed by atoms with Crippen LogP contribution in [-0.4, -0.2) is 20.2 Å². The zero-order valence-electron chi connectivity index (χ0n) is 11.7. The largest absolute Gasteiger partial charge is 0.399 e. The van der Waals surface area contributed by atoms with E-state index in [0.717, 1.165) is 35.1 Å². The van der Waals surface area contributed by atoms with Crippen molar-refractivity contribution < 1.29 is 0 Å². The van der Waals surface area contributed by atoms with Crippen LogP contribution in [0.15, 0.2) is 18.2 Å². The number of nitrogen functional groups attached to an aromatic ring is 1. The number of anilines is 1. The fourth-order valence-corrected chi connectivity index (χ4v) is 3.18. The molecule has 2 aliphatic carbocycles. The standard InChI is InChI=1S/C15H19N5/c1-10-8-11(2-5-13(10)16)14-17-18-19-20(14)9-15(6-7-15)12-3-4-12/h2,5,8,12H,3-4,6-7,9,16H2,1H3. The second-order valence-electron chi connectivity index (χ2n) is 6.37. The SMILES string of the molecule is Cc1cc(-c2nnnn2CC2(C3CC3)CC2)ccc1N. The molecule has 20 heavy (non-hydrogen) atoms. The van der Waals surface area contributed by atoms with Gasteiger partial charge >= 0.3 is 0 Å². The molecule has 0 atom stereocenters. The van der Waals surface area contributed by atoms with E-state index in [9.17, 15) is 0 Å². The molecule has 5 heteroatoms. The number of rotatable bonds is 4. The number of aromatic nitrogens is 4. The first-order valence-electron chi connectivity index (χ1n) is 7.31. The third kappa shape index (κ3) is 1.88. The van der Waals surface area contributed by atoms with E-state index in [2.05, 4.69) is 21.6 Å². The highest BCUT2D eigenvalue weighted by atomic mass is 15.5. The first-order chi connectivity index (χ1) is 9.68. The first kappa shape index (κ1) is 11.9. The minimum atomic E-state index is 0.493. The number of nitrogens with two attached hydrogens (primary N) is 1. The second kappa shape index (κ2) is 4.04. The summed E-state index contributed by atoms with van der Waals surface area (Å²) in [5.74, 6) is 1.77. The number of nitrogens with zero attached hydrogens (tertiary/aromatic N) is 4. The third-order valence-corrected chi connectivity index (χ3v) is 4.86. The Kier molecular flexibility index (Phi) is 2.40. The van der Waals surface area contributed by atoms with Crippen LogP contribution in [0.1, 0.15) is 31.2 Å². The Labute approximate surface area is 118 Å². The molecule has 0 bridgehead atoms. The van der Waals surface area contributed by atoms with Crippen LogP contribution in [0, 0.1) is 18.3 Å². The molecule has 1 heterocycles. The Morgan fingerprint density at radius 1 is 1.35 bits per heavy atom. The van der Waals surface area contributed by atoms with Crippen molar-refractivity contribution in [3.05, 3.63) is 23.8 Å². The van der Waals surface area contributed by atoms with E-state index in [1.165, 1.54) is 25.7 Å². The molecule has 2 aromatic rings. The summed E-state index contributed by atoms with van der Waals surface area (Å²) < 4.78 is 1.98. The van der Waals surface area contributed by atoms with E-state index in [1.54, 1.807) is 0 Å². The maximum absolute atomic E-state index is 5.88. The van der Waals surface area contributed by atoms with Gasteiger partial charge in [-0.3, -0.25) is 0 Å². The van der Waals surface area contributed by atoms with Crippen molar-refractivity contribution >= 4 is 5.69 Å². The van der Waals surface area contributed by atoms with Crippen LogP contribution in [0.3, 0.4) is 0 Å². The van der Waals surface area contributed by atoms with Gasteiger partial charge in [0.1, 0.15) is 0 Å². The number of aryl methyl sites for hydroxylation is 1. The van der Waals surface area contributed by atoms with Gasteiger partial charge < -0.3 is 5.73 Å². The van der Waals surface area contributed by atoms with Gasteiger partial charge in [-0.05, 0) is 78.1 Å². The molecule has 2 fully saturated rings. The summed E-state index contributed by atoms with van der Waals surface area (Å²) in [7, 11) is 0. The fourth-order valence-electron chi connectivity index (χ4n) is 3.18. The van der Waals surface area contributed by atoms with E-state index >= 15 is 0 Å². The van der Waals surface area contributed by atoms with Crippen molar-refractivity contribution in [3.63, 3.8) is 0 Å². The monoisotopic (exact) mass is 269 g/mol. The van der Waals surface area contributed by atoms with Crippen molar-refractivity contribution in [1.29, 1.82) is 0 Å². The lowest BCUT2D eigenvalue weighted by atomic mass is 10.0. The Balaban J connectivity index is 1.66. The molecule has 0 unspecified atom stereocenters. The normalized spacial score (nSPS) is 20.1. The van der Waals surface area contributed by atoms with E-state index in [0.29, 0.717) is 5.41 Å². The number of hydrogen-bond acceptors (Lipinski definition) is 4. The van der Waals surface area contributed by atoms with Crippen molar-refractivity contribution in [2.45, 2.75) is 39.2 Å². The van der Waals surface area contributed by atoms with Crippen LogP contribution in [-0.2, 0) is 6.54 Å². The van der Waals surface area contributed by atoms with Crippen LogP contribution in [0.25, 0.3) is 11.4 Å². The van der Waals surface area contributed by atoms with Crippen LogP contribution >= 0.6 is 0 Å². The van der Waals surface area contributed by atoms with Crippen molar-refractivity contribution in [2.24, 2.45) is 11.3 Å². The Morgan fingerprint density at radius 2 is 2.15 bits per heavy atom. The zero-order valence-corrected chi connectivity index (χ0v) is 11.7. The zero-order chi connectivity index (χ0) is 13.7. The molecule has 104 valence electrons. The predicted octanol–water partition coefficient (Wildman–Crippen LogP) is 2.42. The maximum Gasteiger partial charge on any atom is 0.182 e. The van der Waals surface area contributed by atoms with Crippen molar-refractivity contribution in [3.8, 4) is 11.4 Å². The van der Waals surface area contributed by atoms with Crippen LogP contribution in [0.2, 0.25) is 0 Å². The average molecular weight is 269 g/mol. The van der Waals surface area contributed by atoms with Gasteiger partial charge in [0.05, 0.1) is 6.54 Å². The van der Waals surface area contributed by atoms with Crippen molar-refractivity contribution in [2.75, 3.05) is 5.73 Å². The minimum Gasteiger partial charge on any atom is -0.399 e. The average Bonchev–Trinajstić information content (AvgIpc) is 3.32. The van der Waals surface area contributed by atoms with Crippen molar-refractivity contribution in [1.82, 2.24) is 20.2 Å². The maximum atomic E-state index is 5.88. The lowest BCUT2D eigenvalue weighted by Gasteiger charge is -2.14. The van der Waals surface area contributed by atoms with Gasteiger partial charge in [-0.1, -0.05) is 0 Å². The molecule has 0 amide bonds. The molecule has 0 radical (unpaired) electrons. The van der Waals surface area contributed by atoms with E-state index < -0.39 is 0 Å². The first-order valence-corrected chi connectivity index (χ1v) is 7.31. The molecule has 2 N–H and O–H groups in total. The van der Waals surface area contributed by atoms with E-state index in [-0.39, 0.29) is 0 Å². The summed E-state index contributed by atoms with van der Waals surface area (Å²) in [6, 6.07) is 5.99. The van der Waals surface area contributed by atoms with Crippen LogP contribution < -0.4 is 5.73 Å². The van der Waals surface area contributed by atoms with E-state index in [1.807, 2.05) is 23.7 Å². The molecule has 0 aliphatic heterocycles. The summed E-state index contributed by atoms with van der Waals surface area (Å²) in [6.45, 7) is 2.98. The quantitative estimate of drug-likeness (QED) is 0.865. The lowest BCUT2D eigenvalue weighted by Crippen LogP contribution is -2.16. The third-order valence-electron chi connectivity index (χ3n) is 4.86. The van der Waals surface area contributed by atoms with Crippen LogP contribution in [0.4, 0.5) is 5.69 Å². The number of hydrogen-bond donors (Lipinski definition) is 1. The fraction of sp³-hybridized carbons (Fsp3) is 0.533. The van der Waals surface area contributed by atoms with Gasteiger partial charge in [0, 0.05) is 11.3 Å². The highest BCUT2D eigenvalue weighted by molar-refractivity contribution is 5.61. The lowest BCUT2D eigenvalue weighted by molar-refractivity contribution is 0.348. The highest BCUT2D eigenvalue weighted by Crippen LogP contribution is 2.62. The minimum absolute atomic E-state index is 0.493. The molecule has 1 aromatic heterocycles. The summed E-state index contributed by atoms with van der Waals surface area (Å²) in [5, 5.41) is 12.3. The van der Waals surface area contributed by atoms with Gasteiger partial charge in [0.25, 0.3) is 0 Å². The molecule has 0 saturated heterocycles. The summed E-state index contributed by atoms with van der Waals surface area (Å²) >= 11 is 0. The highest BCUT2D eigenvalue weighted by Gasteiger charge is 2.54. The van der Waals surface area contributed by atoms with Gasteiger partial charge in [0.2, 0.25) is 0 Å². The number of benzene rings is 1. The molecule has 4 rings (SSSR count). The van der Waals surface area contributed by atoms with E-state index in [4.69, 9.17) is 5.73 Å². The van der Waals surface area contributed by atoms with Gasteiger partial charge in [-0.15, -0.1) is 5.10 Å². The topological polar surface area (TPSA) is 69.6 Å². The Hall–Kier alpha value is -1.91. The van der Waals surface area contributed by atoms with Gasteiger partial charge in [-0.2, -0.15) is 0 Å². The molecular weight excluding hydrogens is 250 g/mol. The van der Waals surface area contributed by atoms with Crippen LogP contribution in [0.5, 0.6) is 0 Å². The molecule has 2 aliphatic rings. The summed E-state index contributed by atoms with van der Waals surface area (Å²) in [6.07, 6.45) is 5.44.